The molecule has 0 aliphatic rings. The maximum absolute atomic E-state index is 6.06. The first-order valence-electron chi connectivity index (χ1n) is 5.02. The van der Waals surface area contributed by atoms with Gasteiger partial charge in [0, 0.05) is 7.11 Å². The molecule has 0 saturated carbocycles. The molecule has 1 aromatic carbocycles. The number of halogens is 1. The Morgan fingerprint density at radius 3 is 2.67 bits per heavy atom. The van der Waals surface area contributed by atoms with Crippen molar-refractivity contribution in [1.82, 2.24) is 0 Å². The molecule has 1 aromatic rings. The largest absolute Gasteiger partial charge is 0.496 e. The highest BCUT2D eigenvalue weighted by molar-refractivity contribution is 6.20. The molecule has 0 saturated heterocycles. The number of alkyl halides is 1. The third kappa shape index (κ3) is 4.10. The number of hydrogen-bond acceptors (Lipinski definition) is 2. The second kappa shape index (κ2) is 6.70. The van der Waals surface area contributed by atoms with Crippen molar-refractivity contribution in [1.29, 1.82) is 0 Å². The van der Waals surface area contributed by atoms with Gasteiger partial charge in [-0.15, -0.1) is 11.6 Å². The Bertz CT molecular complexity index is 289. The molecule has 84 valence electrons. The Labute approximate surface area is 96.2 Å². The van der Waals surface area contributed by atoms with Crippen LogP contribution in [0.15, 0.2) is 24.3 Å². The van der Waals surface area contributed by atoms with Gasteiger partial charge in [0.05, 0.1) is 19.1 Å². The standard InChI is InChI=1S/C12H17ClO2/c1-14-9-11(13)8-7-10-5-3-4-6-12(10)15-2/h3-6,11H,7-9H2,1-2H3. The summed E-state index contributed by atoms with van der Waals surface area (Å²) in [5.41, 5.74) is 1.20. The molecule has 0 radical (unpaired) electrons. The summed E-state index contributed by atoms with van der Waals surface area (Å²) in [7, 11) is 3.35. The first-order chi connectivity index (χ1) is 7.27. The first kappa shape index (κ1) is 12.3. The lowest BCUT2D eigenvalue weighted by Gasteiger charge is -2.10. The Morgan fingerprint density at radius 1 is 1.27 bits per heavy atom. The number of aryl methyl sites for hydroxylation is 1. The number of benzene rings is 1. The van der Waals surface area contributed by atoms with E-state index >= 15 is 0 Å². The van der Waals surface area contributed by atoms with Gasteiger partial charge in [0.25, 0.3) is 0 Å². The fraction of sp³-hybridized carbons (Fsp3) is 0.500. The van der Waals surface area contributed by atoms with Crippen LogP contribution >= 0.6 is 11.6 Å². The van der Waals surface area contributed by atoms with E-state index in [4.69, 9.17) is 21.1 Å². The summed E-state index contributed by atoms with van der Waals surface area (Å²) < 4.78 is 10.2. The van der Waals surface area contributed by atoms with Crippen LogP contribution in [0, 0.1) is 0 Å². The lowest BCUT2D eigenvalue weighted by atomic mass is 10.1. The van der Waals surface area contributed by atoms with Crippen LogP contribution < -0.4 is 4.74 Å². The van der Waals surface area contributed by atoms with Crippen molar-refractivity contribution in [2.24, 2.45) is 0 Å². The zero-order chi connectivity index (χ0) is 11.1. The maximum atomic E-state index is 6.06. The minimum atomic E-state index is 0.0694. The van der Waals surface area contributed by atoms with Crippen molar-refractivity contribution in [2.75, 3.05) is 20.8 Å². The predicted molar refractivity (Wildman–Crippen MR) is 62.8 cm³/mol. The number of hydrogen-bond donors (Lipinski definition) is 0. The molecular weight excluding hydrogens is 212 g/mol. The van der Waals surface area contributed by atoms with E-state index in [-0.39, 0.29) is 5.38 Å². The fourth-order valence-corrected chi connectivity index (χ4v) is 1.72. The fourth-order valence-electron chi connectivity index (χ4n) is 1.49. The zero-order valence-electron chi connectivity index (χ0n) is 9.20. The van der Waals surface area contributed by atoms with Gasteiger partial charge in [-0.25, -0.2) is 0 Å². The van der Waals surface area contributed by atoms with Crippen molar-refractivity contribution in [3.63, 3.8) is 0 Å². The maximum Gasteiger partial charge on any atom is 0.122 e. The number of para-hydroxylation sites is 1. The van der Waals surface area contributed by atoms with Crippen LogP contribution in [0.4, 0.5) is 0 Å². The molecule has 0 fully saturated rings. The zero-order valence-corrected chi connectivity index (χ0v) is 9.96. The summed E-state index contributed by atoms with van der Waals surface area (Å²) in [5, 5.41) is 0.0694. The second-order valence-corrected chi connectivity index (χ2v) is 4.02. The molecule has 0 spiro atoms. The molecule has 3 heteroatoms. The monoisotopic (exact) mass is 228 g/mol. The first-order valence-corrected chi connectivity index (χ1v) is 5.46. The van der Waals surface area contributed by atoms with Crippen LogP contribution in [0.25, 0.3) is 0 Å². The molecule has 1 atom stereocenters. The molecule has 0 bridgehead atoms. The molecule has 1 unspecified atom stereocenters. The highest BCUT2D eigenvalue weighted by Crippen LogP contribution is 2.20. The van der Waals surface area contributed by atoms with E-state index < -0.39 is 0 Å². The second-order valence-electron chi connectivity index (χ2n) is 3.40. The van der Waals surface area contributed by atoms with Gasteiger partial charge in [-0.1, -0.05) is 18.2 Å². The van der Waals surface area contributed by atoms with Crippen LogP contribution in [0.1, 0.15) is 12.0 Å². The third-order valence-corrected chi connectivity index (χ3v) is 2.61. The van der Waals surface area contributed by atoms with Gasteiger partial charge in [-0.3, -0.25) is 0 Å². The van der Waals surface area contributed by atoms with Crippen LogP contribution in [-0.2, 0) is 11.2 Å². The highest BCUT2D eigenvalue weighted by atomic mass is 35.5. The SMILES string of the molecule is COCC(Cl)CCc1ccccc1OC. The summed E-state index contributed by atoms with van der Waals surface area (Å²) in [4.78, 5) is 0. The molecule has 1 rings (SSSR count). The number of methoxy groups -OCH3 is 2. The van der Waals surface area contributed by atoms with E-state index in [0.717, 1.165) is 18.6 Å². The molecule has 15 heavy (non-hydrogen) atoms. The van der Waals surface area contributed by atoms with Crippen molar-refractivity contribution < 1.29 is 9.47 Å². The smallest absolute Gasteiger partial charge is 0.122 e. The van der Waals surface area contributed by atoms with Crippen molar-refractivity contribution in [3.05, 3.63) is 29.8 Å². The van der Waals surface area contributed by atoms with Crippen molar-refractivity contribution in [3.8, 4) is 5.75 Å². The minimum absolute atomic E-state index is 0.0694. The van der Waals surface area contributed by atoms with Crippen LogP contribution in [0.5, 0.6) is 5.75 Å². The summed E-state index contributed by atoms with van der Waals surface area (Å²) in [6.07, 6.45) is 1.82. The molecule has 0 aromatic heterocycles. The molecular formula is C12H17ClO2. The van der Waals surface area contributed by atoms with Gasteiger partial charge in [-0.05, 0) is 24.5 Å². The topological polar surface area (TPSA) is 18.5 Å². The summed E-state index contributed by atoms with van der Waals surface area (Å²) in [6.45, 7) is 0.594. The van der Waals surface area contributed by atoms with Crippen LogP contribution in [0.2, 0.25) is 0 Å². The number of rotatable bonds is 6. The van der Waals surface area contributed by atoms with E-state index in [1.54, 1.807) is 14.2 Å². The molecule has 0 aliphatic carbocycles. The van der Waals surface area contributed by atoms with Gasteiger partial charge >= 0.3 is 0 Å². The average Bonchev–Trinajstić information content (AvgIpc) is 2.27. The van der Waals surface area contributed by atoms with E-state index in [9.17, 15) is 0 Å². The predicted octanol–water partition coefficient (Wildman–Crippen LogP) is 2.88. The quantitative estimate of drug-likeness (QED) is 0.698. The Morgan fingerprint density at radius 2 is 2.00 bits per heavy atom. The lowest BCUT2D eigenvalue weighted by Crippen LogP contribution is -2.08. The minimum Gasteiger partial charge on any atom is -0.496 e. The summed E-state index contributed by atoms with van der Waals surface area (Å²) in [6, 6.07) is 8.01. The van der Waals surface area contributed by atoms with E-state index in [1.165, 1.54) is 5.56 Å². The molecule has 0 amide bonds. The molecule has 0 heterocycles. The molecule has 2 nitrogen and oxygen atoms in total. The lowest BCUT2D eigenvalue weighted by molar-refractivity contribution is 0.195. The highest BCUT2D eigenvalue weighted by Gasteiger charge is 2.07. The van der Waals surface area contributed by atoms with E-state index in [1.807, 2.05) is 18.2 Å². The normalized spacial score (nSPS) is 12.5. The Balaban J connectivity index is 2.49. The Hall–Kier alpha value is -0.730. The number of ether oxygens (including phenoxy) is 2. The van der Waals surface area contributed by atoms with Gasteiger partial charge in [0.15, 0.2) is 0 Å². The van der Waals surface area contributed by atoms with Crippen LogP contribution in [-0.4, -0.2) is 26.2 Å². The van der Waals surface area contributed by atoms with E-state index in [2.05, 4.69) is 6.07 Å². The molecule has 0 aliphatic heterocycles. The van der Waals surface area contributed by atoms with Gasteiger partial charge in [-0.2, -0.15) is 0 Å². The van der Waals surface area contributed by atoms with Gasteiger partial charge in [0.1, 0.15) is 5.75 Å². The van der Waals surface area contributed by atoms with Crippen molar-refractivity contribution >= 4 is 11.6 Å². The Kier molecular flexibility index (Phi) is 5.51. The van der Waals surface area contributed by atoms with Gasteiger partial charge < -0.3 is 9.47 Å². The van der Waals surface area contributed by atoms with E-state index in [0.29, 0.717) is 6.61 Å². The van der Waals surface area contributed by atoms with Crippen molar-refractivity contribution in [2.45, 2.75) is 18.2 Å². The molecule has 0 N–H and O–H groups in total. The third-order valence-electron chi connectivity index (χ3n) is 2.27. The summed E-state index contributed by atoms with van der Waals surface area (Å²) >= 11 is 6.06. The van der Waals surface area contributed by atoms with Gasteiger partial charge in [0.2, 0.25) is 0 Å². The summed E-state index contributed by atoms with van der Waals surface area (Å²) in [5.74, 6) is 0.929. The van der Waals surface area contributed by atoms with Crippen LogP contribution in [0.3, 0.4) is 0 Å². The average molecular weight is 229 g/mol.